The van der Waals surface area contributed by atoms with Gasteiger partial charge in [-0.15, -0.1) is 0 Å². The van der Waals surface area contributed by atoms with Gasteiger partial charge in [-0.3, -0.25) is 4.79 Å². The van der Waals surface area contributed by atoms with Crippen LogP contribution in [-0.4, -0.2) is 15.9 Å². The summed E-state index contributed by atoms with van der Waals surface area (Å²) in [5.74, 6) is -0.162. The monoisotopic (exact) mass is 265 g/mol. The zero-order valence-corrected chi connectivity index (χ0v) is 11.2. The molecule has 1 aromatic carbocycles. The minimum absolute atomic E-state index is 0.162. The molecule has 0 bridgehead atoms. The topological polar surface area (TPSA) is 54.9 Å². The fraction of sp³-hybridized carbons (Fsp3) is 0.0625. The third-order valence-electron chi connectivity index (χ3n) is 2.58. The van der Waals surface area contributed by atoms with E-state index in [1.54, 1.807) is 24.5 Å². The van der Waals surface area contributed by atoms with Crippen LogP contribution in [0.2, 0.25) is 0 Å². The second kappa shape index (κ2) is 6.99. The van der Waals surface area contributed by atoms with Gasteiger partial charge in [0, 0.05) is 29.7 Å². The van der Waals surface area contributed by atoms with E-state index in [4.69, 9.17) is 0 Å². The number of nitrogens with one attached hydrogen (secondary N) is 1. The van der Waals surface area contributed by atoms with Crippen molar-refractivity contribution in [1.29, 1.82) is 0 Å². The molecule has 0 aliphatic heterocycles. The zero-order valence-electron chi connectivity index (χ0n) is 11.2. The fourth-order valence-electron chi connectivity index (χ4n) is 1.66. The minimum Gasteiger partial charge on any atom is -0.322 e. The first-order chi connectivity index (χ1) is 9.79. The van der Waals surface area contributed by atoms with Crippen molar-refractivity contribution in [2.45, 2.75) is 6.92 Å². The standard InChI is InChI=1S/C16H15N3O/c1-2-3-4-8-16(20)19-15-7-5-6-13(9-15)14-10-17-12-18-11-14/h2-12H,1H3,(H,19,20)/b3-2+,8-4+. The van der Waals surface area contributed by atoms with E-state index in [0.29, 0.717) is 0 Å². The van der Waals surface area contributed by atoms with E-state index in [1.165, 1.54) is 12.4 Å². The molecule has 1 amide bonds. The number of carbonyl (C=O) groups is 1. The van der Waals surface area contributed by atoms with Crippen LogP contribution in [0.4, 0.5) is 5.69 Å². The lowest BCUT2D eigenvalue weighted by Crippen LogP contribution is -2.07. The van der Waals surface area contributed by atoms with E-state index in [-0.39, 0.29) is 5.91 Å². The number of hydrogen-bond donors (Lipinski definition) is 1. The summed E-state index contributed by atoms with van der Waals surface area (Å²) in [5, 5.41) is 2.81. The minimum atomic E-state index is -0.162. The van der Waals surface area contributed by atoms with Gasteiger partial charge < -0.3 is 5.32 Å². The SMILES string of the molecule is C/C=C/C=C/C(=O)Nc1cccc(-c2cncnc2)c1. The lowest BCUT2D eigenvalue weighted by atomic mass is 10.1. The number of nitrogens with zero attached hydrogens (tertiary/aromatic N) is 2. The van der Waals surface area contributed by atoms with Crippen molar-refractivity contribution in [1.82, 2.24) is 9.97 Å². The molecule has 0 atom stereocenters. The molecular weight excluding hydrogens is 250 g/mol. The Kier molecular flexibility index (Phi) is 4.78. The van der Waals surface area contributed by atoms with Crippen molar-refractivity contribution in [2.75, 3.05) is 5.32 Å². The van der Waals surface area contributed by atoms with Crippen LogP contribution in [0.3, 0.4) is 0 Å². The zero-order chi connectivity index (χ0) is 14.2. The van der Waals surface area contributed by atoms with Gasteiger partial charge in [-0.25, -0.2) is 9.97 Å². The summed E-state index contributed by atoms with van der Waals surface area (Å²) in [6.45, 7) is 1.90. The predicted molar refractivity (Wildman–Crippen MR) is 80.1 cm³/mol. The molecule has 0 fully saturated rings. The molecule has 20 heavy (non-hydrogen) atoms. The highest BCUT2D eigenvalue weighted by molar-refractivity contribution is 5.99. The number of amides is 1. The summed E-state index contributed by atoms with van der Waals surface area (Å²) in [5.41, 5.74) is 2.61. The maximum absolute atomic E-state index is 11.7. The van der Waals surface area contributed by atoms with Crippen molar-refractivity contribution in [3.63, 3.8) is 0 Å². The van der Waals surface area contributed by atoms with Crippen LogP contribution < -0.4 is 5.32 Å². The number of allylic oxidation sites excluding steroid dienone is 3. The van der Waals surface area contributed by atoms with Crippen LogP contribution in [-0.2, 0) is 4.79 Å². The normalized spacial score (nSPS) is 11.1. The van der Waals surface area contributed by atoms with E-state index >= 15 is 0 Å². The molecular formula is C16H15N3O. The number of hydrogen-bond acceptors (Lipinski definition) is 3. The van der Waals surface area contributed by atoms with Crippen LogP contribution >= 0.6 is 0 Å². The maximum Gasteiger partial charge on any atom is 0.248 e. The van der Waals surface area contributed by atoms with Crippen LogP contribution in [0.25, 0.3) is 11.1 Å². The first kappa shape index (κ1) is 13.7. The van der Waals surface area contributed by atoms with Crippen molar-refractivity contribution >= 4 is 11.6 Å². The molecule has 100 valence electrons. The average Bonchev–Trinajstić information content (AvgIpc) is 2.49. The van der Waals surface area contributed by atoms with Crippen molar-refractivity contribution in [3.8, 4) is 11.1 Å². The van der Waals surface area contributed by atoms with Crippen molar-refractivity contribution in [3.05, 3.63) is 67.3 Å². The number of carbonyl (C=O) groups excluding carboxylic acids is 1. The van der Waals surface area contributed by atoms with Gasteiger partial charge in [0.2, 0.25) is 5.91 Å². The summed E-state index contributed by atoms with van der Waals surface area (Å²) in [7, 11) is 0. The Labute approximate surface area is 117 Å². The molecule has 0 radical (unpaired) electrons. The lowest BCUT2D eigenvalue weighted by molar-refractivity contribution is -0.111. The maximum atomic E-state index is 11.7. The highest BCUT2D eigenvalue weighted by Gasteiger charge is 2.01. The van der Waals surface area contributed by atoms with Crippen molar-refractivity contribution < 1.29 is 4.79 Å². The van der Waals surface area contributed by atoms with Gasteiger partial charge in [-0.05, 0) is 24.6 Å². The average molecular weight is 265 g/mol. The van der Waals surface area contributed by atoms with Gasteiger partial charge in [-0.1, -0.05) is 30.4 Å². The summed E-state index contributed by atoms with van der Waals surface area (Å²) in [6.07, 6.45) is 11.8. The third kappa shape index (κ3) is 3.88. The Morgan fingerprint density at radius 1 is 1.15 bits per heavy atom. The van der Waals surface area contributed by atoms with E-state index < -0.39 is 0 Å². The molecule has 2 rings (SSSR count). The van der Waals surface area contributed by atoms with Crippen molar-refractivity contribution in [2.24, 2.45) is 0 Å². The van der Waals surface area contributed by atoms with Gasteiger partial charge in [0.15, 0.2) is 0 Å². The van der Waals surface area contributed by atoms with Crippen LogP contribution in [0.15, 0.2) is 67.3 Å². The molecule has 1 N–H and O–H groups in total. The van der Waals surface area contributed by atoms with Gasteiger partial charge in [0.25, 0.3) is 0 Å². The van der Waals surface area contributed by atoms with E-state index in [9.17, 15) is 4.79 Å². The summed E-state index contributed by atoms with van der Waals surface area (Å²) in [4.78, 5) is 19.6. The molecule has 1 aromatic heterocycles. The summed E-state index contributed by atoms with van der Waals surface area (Å²) >= 11 is 0. The largest absolute Gasteiger partial charge is 0.322 e. The van der Waals surface area contributed by atoms with Crippen LogP contribution in [0, 0.1) is 0 Å². The van der Waals surface area contributed by atoms with Crippen LogP contribution in [0.5, 0.6) is 0 Å². The molecule has 4 nitrogen and oxygen atoms in total. The first-order valence-corrected chi connectivity index (χ1v) is 6.25. The molecule has 0 saturated carbocycles. The first-order valence-electron chi connectivity index (χ1n) is 6.25. The smallest absolute Gasteiger partial charge is 0.248 e. The molecule has 1 heterocycles. The Bertz CT molecular complexity index is 633. The Balaban J connectivity index is 2.13. The van der Waals surface area contributed by atoms with Gasteiger partial charge >= 0.3 is 0 Å². The highest BCUT2D eigenvalue weighted by Crippen LogP contribution is 2.20. The molecule has 0 aliphatic carbocycles. The summed E-state index contributed by atoms with van der Waals surface area (Å²) < 4.78 is 0. The second-order valence-electron chi connectivity index (χ2n) is 4.08. The molecule has 2 aromatic rings. The number of benzene rings is 1. The van der Waals surface area contributed by atoms with Gasteiger partial charge in [0.05, 0.1) is 0 Å². The number of anilines is 1. The number of aromatic nitrogens is 2. The quantitative estimate of drug-likeness (QED) is 0.682. The fourth-order valence-corrected chi connectivity index (χ4v) is 1.66. The number of rotatable bonds is 4. The van der Waals surface area contributed by atoms with E-state index in [0.717, 1.165) is 16.8 Å². The highest BCUT2D eigenvalue weighted by atomic mass is 16.1. The third-order valence-corrected chi connectivity index (χ3v) is 2.58. The molecule has 0 saturated heterocycles. The predicted octanol–water partition coefficient (Wildman–Crippen LogP) is 3.21. The van der Waals surface area contributed by atoms with E-state index in [1.807, 2.05) is 37.3 Å². The summed E-state index contributed by atoms with van der Waals surface area (Å²) in [6, 6.07) is 7.56. The molecule has 0 spiro atoms. The molecule has 0 aliphatic rings. The Hall–Kier alpha value is -2.75. The van der Waals surface area contributed by atoms with Gasteiger partial charge in [-0.2, -0.15) is 0 Å². The lowest BCUT2D eigenvalue weighted by Gasteiger charge is -2.05. The Morgan fingerprint density at radius 3 is 2.70 bits per heavy atom. The van der Waals surface area contributed by atoms with Gasteiger partial charge in [0.1, 0.15) is 6.33 Å². The van der Waals surface area contributed by atoms with E-state index in [2.05, 4.69) is 15.3 Å². The Morgan fingerprint density at radius 2 is 1.95 bits per heavy atom. The second-order valence-corrected chi connectivity index (χ2v) is 4.08. The molecule has 0 unspecified atom stereocenters. The molecule has 4 heteroatoms. The van der Waals surface area contributed by atoms with Crippen LogP contribution in [0.1, 0.15) is 6.92 Å².